The summed E-state index contributed by atoms with van der Waals surface area (Å²) in [5.74, 6) is 0.439. The van der Waals surface area contributed by atoms with Gasteiger partial charge in [0.1, 0.15) is 5.69 Å². The predicted molar refractivity (Wildman–Crippen MR) is 80.6 cm³/mol. The Morgan fingerprint density at radius 3 is 3.05 bits per heavy atom. The lowest BCUT2D eigenvalue weighted by molar-refractivity contribution is -0.116. The molecular formula is C15H23N3O3. The maximum atomic E-state index is 12.4. The number of amides is 2. The van der Waals surface area contributed by atoms with Gasteiger partial charge in [0.2, 0.25) is 5.88 Å². The Morgan fingerprint density at radius 2 is 2.38 bits per heavy atom. The van der Waals surface area contributed by atoms with Crippen molar-refractivity contribution in [1.82, 2.24) is 9.88 Å². The van der Waals surface area contributed by atoms with Crippen LogP contribution in [0.3, 0.4) is 0 Å². The van der Waals surface area contributed by atoms with Crippen molar-refractivity contribution in [2.75, 3.05) is 25.0 Å². The summed E-state index contributed by atoms with van der Waals surface area (Å²) in [7, 11) is 0. The minimum absolute atomic E-state index is 0.0137. The molecule has 2 rings (SSSR count). The highest BCUT2D eigenvalue weighted by Gasteiger charge is 2.33. The number of anilines is 1. The van der Waals surface area contributed by atoms with Crippen LogP contribution in [0, 0.1) is 0 Å². The second-order valence-electron chi connectivity index (χ2n) is 5.79. The van der Waals surface area contributed by atoms with Crippen molar-refractivity contribution >= 4 is 11.7 Å². The van der Waals surface area contributed by atoms with Crippen LogP contribution in [-0.4, -0.2) is 47.3 Å². The standard InChI is InChI=1S/C15H23N3O3/c1-5-20-13-12(7-6-8-16-13)17-14(19)18-9-11(2)21-15(3,4)10-18/h6-8,11H,5,9-10H2,1-4H3,(H,17,19). The molecule has 1 aliphatic heterocycles. The fraction of sp³-hybridized carbons (Fsp3) is 0.600. The van der Waals surface area contributed by atoms with E-state index in [2.05, 4.69) is 10.3 Å². The smallest absolute Gasteiger partial charge is 0.322 e. The molecule has 0 spiro atoms. The van der Waals surface area contributed by atoms with E-state index in [4.69, 9.17) is 9.47 Å². The van der Waals surface area contributed by atoms with Gasteiger partial charge in [-0.05, 0) is 39.8 Å². The number of carbonyl (C=O) groups is 1. The number of aromatic nitrogens is 1. The van der Waals surface area contributed by atoms with E-state index >= 15 is 0 Å². The summed E-state index contributed by atoms with van der Waals surface area (Å²) < 4.78 is 11.2. The quantitative estimate of drug-likeness (QED) is 0.930. The lowest BCUT2D eigenvalue weighted by Gasteiger charge is -2.41. The van der Waals surface area contributed by atoms with E-state index in [0.717, 1.165) is 0 Å². The monoisotopic (exact) mass is 293 g/mol. The fourth-order valence-corrected chi connectivity index (χ4v) is 2.54. The van der Waals surface area contributed by atoms with Crippen LogP contribution in [0.25, 0.3) is 0 Å². The van der Waals surface area contributed by atoms with Gasteiger partial charge < -0.3 is 19.7 Å². The molecule has 1 aromatic rings. The highest BCUT2D eigenvalue weighted by molar-refractivity contribution is 5.90. The third kappa shape index (κ3) is 4.07. The van der Waals surface area contributed by atoms with Crippen molar-refractivity contribution in [2.24, 2.45) is 0 Å². The fourth-order valence-electron chi connectivity index (χ4n) is 2.54. The number of ether oxygens (including phenoxy) is 2. The predicted octanol–water partition coefficient (Wildman–Crippen LogP) is 2.51. The number of hydrogen-bond donors (Lipinski definition) is 1. The van der Waals surface area contributed by atoms with Gasteiger partial charge in [-0.2, -0.15) is 0 Å². The van der Waals surface area contributed by atoms with Gasteiger partial charge in [-0.3, -0.25) is 0 Å². The second kappa shape index (κ2) is 6.30. The van der Waals surface area contributed by atoms with E-state index < -0.39 is 0 Å². The summed E-state index contributed by atoms with van der Waals surface area (Å²) in [4.78, 5) is 18.3. The summed E-state index contributed by atoms with van der Waals surface area (Å²) >= 11 is 0. The Hall–Kier alpha value is -1.82. The number of nitrogens with one attached hydrogen (secondary N) is 1. The number of pyridine rings is 1. The first-order valence-corrected chi connectivity index (χ1v) is 7.23. The van der Waals surface area contributed by atoms with E-state index in [0.29, 0.717) is 31.3 Å². The van der Waals surface area contributed by atoms with Gasteiger partial charge in [0.25, 0.3) is 0 Å². The number of rotatable bonds is 3. The van der Waals surface area contributed by atoms with Crippen molar-refractivity contribution in [3.8, 4) is 5.88 Å². The van der Waals surface area contributed by atoms with Crippen molar-refractivity contribution in [1.29, 1.82) is 0 Å². The molecule has 1 fully saturated rings. The van der Waals surface area contributed by atoms with Crippen molar-refractivity contribution in [2.45, 2.75) is 39.4 Å². The molecule has 2 amide bonds. The van der Waals surface area contributed by atoms with E-state index in [1.165, 1.54) is 0 Å². The van der Waals surface area contributed by atoms with Gasteiger partial charge in [0.05, 0.1) is 24.9 Å². The zero-order chi connectivity index (χ0) is 15.5. The summed E-state index contributed by atoms with van der Waals surface area (Å²) in [6.07, 6.45) is 1.65. The van der Waals surface area contributed by atoms with Gasteiger partial charge in [-0.1, -0.05) is 0 Å². The maximum Gasteiger partial charge on any atom is 0.322 e. The van der Waals surface area contributed by atoms with Gasteiger partial charge in [-0.25, -0.2) is 9.78 Å². The molecule has 0 aromatic carbocycles. The van der Waals surface area contributed by atoms with E-state index in [1.807, 2.05) is 27.7 Å². The first-order valence-electron chi connectivity index (χ1n) is 7.23. The molecular weight excluding hydrogens is 270 g/mol. The molecule has 1 aliphatic rings. The Bertz CT molecular complexity index is 505. The van der Waals surface area contributed by atoms with Crippen molar-refractivity contribution in [3.63, 3.8) is 0 Å². The lowest BCUT2D eigenvalue weighted by Crippen LogP contribution is -2.54. The molecule has 0 aliphatic carbocycles. The third-order valence-corrected chi connectivity index (χ3v) is 3.15. The van der Waals surface area contributed by atoms with Crippen LogP contribution >= 0.6 is 0 Å². The second-order valence-corrected chi connectivity index (χ2v) is 5.79. The third-order valence-electron chi connectivity index (χ3n) is 3.15. The SMILES string of the molecule is CCOc1ncccc1NC(=O)N1CC(C)OC(C)(C)C1. The minimum Gasteiger partial charge on any atom is -0.476 e. The van der Waals surface area contributed by atoms with Crippen LogP contribution in [0.2, 0.25) is 0 Å². The summed E-state index contributed by atoms with van der Waals surface area (Å²) in [6, 6.07) is 3.39. The molecule has 116 valence electrons. The largest absolute Gasteiger partial charge is 0.476 e. The van der Waals surface area contributed by atoms with Crippen molar-refractivity contribution < 1.29 is 14.3 Å². The summed E-state index contributed by atoms with van der Waals surface area (Å²) in [6.45, 7) is 9.44. The number of morpholine rings is 1. The summed E-state index contributed by atoms with van der Waals surface area (Å²) in [5.41, 5.74) is 0.244. The lowest BCUT2D eigenvalue weighted by atomic mass is 10.1. The molecule has 0 bridgehead atoms. The van der Waals surface area contributed by atoms with Crippen LogP contribution in [-0.2, 0) is 4.74 Å². The Morgan fingerprint density at radius 1 is 1.62 bits per heavy atom. The molecule has 6 nitrogen and oxygen atoms in total. The average Bonchev–Trinajstić information content (AvgIpc) is 2.39. The van der Waals surface area contributed by atoms with E-state index in [1.54, 1.807) is 23.2 Å². The maximum absolute atomic E-state index is 12.4. The Kier molecular flexibility index (Phi) is 4.67. The van der Waals surface area contributed by atoms with E-state index in [-0.39, 0.29) is 17.7 Å². The number of nitrogens with zero attached hydrogens (tertiary/aromatic N) is 2. The molecule has 0 radical (unpaired) electrons. The van der Waals surface area contributed by atoms with Crippen LogP contribution in [0.4, 0.5) is 10.5 Å². The highest BCUT2D eigenvalue weighted by atomic mass is 16.5. The molecule has 21 heavy (non-hydrogen) atoms. The molecule has 1 N–H and O–H groups in total. The Balaban J connectivity index is 2.07. The van der Waals surface area contributed by atoms with Gasteiger partial charge >= 0.3 is 6.03 Å². The molecule has 1 atom stereocenters. The minimum atomic E-state index is -0.341. The van der Waals surface area contributed by atoms with Gasteiger partial charge in [0.15, 0.2) is 0 Å². The first kappa shape index (κ1) is 15.6. The molecule has 1 aromatic heterocycles. The highest BCUT2D eigenvalue weighted by Crippen LogP contribution is 2.24. The molecule has 2 heterocycles. The van der Waals surface area contributed by atoms with Crippen LogP contribution in [0.1, 0.15) is 27.7 Å². The molecule has 1 saturated heterocycles. The van der Waals surface area contributed by atoms with Gasteiger partial charge in [-0.15, -0.1) is 0 Å². The molecule has 1 unspecified atom stereocenters. The van der Waals surface area contributed by atoms with E-state index in [9.17, 15) is 4.79 Å². The van der Waals surface area contributed by atoms with Gasteiger partial charge in [0, 0.05) is 12.7 Å². The average molecular weight is 293 g/mol. The number of urea groups is 1. The molecule has 0 saturated carbocycles. The Labute approximate surface area is 125 Å². The zero-order valence-corrected chi connectivity index (χ0v) is 13.0. The van der Waals surface area contributed by atoms with Crippen molar-refractivity contribution in [3.05, 3.63) is 18.3 Å². The first-order chi connectivity index (χ1) is 9.91. The normalized spacial score (nSPS) is 21.0. The number of hydrogen-bond acceptors (Lipinski definition) is 4. The molecule has 6 heteroatoms. The summed E-state index contributed by atoms with van der Waals surface area (Å²) in [5, 5.41) is 2.87. The van der Waals surface area contributed by atoms with Crippen LogP contribution in [0.15, 0.2) is 18.3 Å². The van der Waals surface area contributed by atoms with Crippen LogP contribution < -0.4 is 10.1 Å². The zero-order valence-electron chi connectivity index (χ0n) is 13.0. The topological polar surface area (TPSA) is 63.7 Å². The number of carbonyl (C=O) groups excluding carboxylic acids is 1. The van der Waals surface area contributed by atoms with Crippen LogP contribution in [0.5, 0.6) is 5.88 Å².